The zero-order chi connectivity index (χ0) is 16.2. The van der Waals surface area contributed by atoms with Crippen molar-refractivity contribution in [2.24, 2.45) is 5.41 Å². The van der Waals surface area contributed by atoms with Crippen molar-refractivity contribution in [1.82, 2.24) is 10.6 Å². The highest BCUT2D eigenvalue weighted by Crippen LogP contribution is 2.19. The van der Waals surface area contributed by atoms with Crippen molar-refractivity contribution in [2.45, 2.75) is 27.2 Å². The molecule has 0 radical (unpaired) electrons. The molecule has 1 aromatic heterocycles. The minimum absolute atomic E-state index is 0.00122. The lowest BCUT2D eigenvalue weighted by Gasteiger charge is -2.17. The van der Waals surface area contributed by atoms with E-state index in [1.807, 2.05) is 26.8 Å². The van der Waals surface area contributed by atoms with Crippen LogP contribution in [0, 0.1) is 5.41 Å². The van der Waals surface area contributed by atoms with E-state index in [1.165, 1.54) is 0 Å². The number of amides is 2. The molecule has 2 amide bonds. The molecule has 0 bridgehead atoms. The van der Waals surface area contributed by atoms with Gasteiger partial charge in [-0.1, -0.05) is 26.8 Å². The summed E-state index contributed by atoms with van der Waals surface area (Å²) in [6, 6.07) is 7.13. The zero-order valence-corrected chi connectivity index (χ0v) is 13.2. The van der Waals surface area contributed by atoms with Gasteiger partial charge in [-0.3, -0.25) is 9.59 Å². The summed E-state index contributed by atoms with van der Waals surface area (Å²) < 4.78 is 5.28. The lowest BCUT2D eigenvalue weighted by molar-refractivity contribution is -0.122. The molecule has 0 aliphatic rings. The molecule has 5 heteroatoms. The Morgan fingerprint density at radius 3 is 2.55 bits per heavy atom. The molecule has 0 unspecified atom stereocenters. The topological polar surface area (TPSA) is 71.3 Å². The van der Waals surface area contributed by atoms with E-state index in [0.717, 1.165) is 5.39 Å². The van der Waals surface area contributed by atoms with E-state index in [1.54, 1.807) is 24.5 Å². The molecule has 0 atom stereocenters. The summed E-state index contributed by atoms with van der Waals surface area (Å²) in [5, 5.41) is 6.40. The van der Waals surface area contributed by atoms with Gasteiger partial charge in [0.2, 0.25) is 5.91 Å². The first-order valence-corrected chi connectivity index (χ1v) is 7.38. The van der Waals surface area contributed by atoms with Crippen LogP contribution in [0.5, 0.6) is 0 Å². The number of hydrogen-bond donors (Lipinski definition) is 2. The second-order valence-corrected chi connectivity index (χ2v) is 6.48. The minimum Gasteiger partial charge on any atom is -0.464 e. The van der Waals surface area contributed by atoms with E-state index in [2.05, 4.69) is 10.6 Å². The Kier molecular flexibility index (Phi) is 4.85. The molecular weight excluding hydrogens is 280 g/mol. The van der Waals surface area contributed by atoms with E-state index < -0.39 is 0 Å². The molecule has 2 rings (SSSR count). The van der Waals surface area contributed by atoms with Gasteiger partial charge >= 0.3 is 0 Å². The summed E-state index contributed by atoms with van der Waals surface area (Å²) >= 11 is 0. The SMILES string of the molecule is CC(C)(C)CC(=O)NCCNC(=O)c1cccc2occc12. The van der Waals surface area contributed by atoms with Crippen molar-refractivity contribution in [1.29, 1.82) is 0 Å². The maximum absolute atomic E-state index is 12.2. The zero-order valence-electron chi connectivity index (χ0n) is 13.2. The van der Waals surface area contributed by atoms with Gasteiger partial charge in [-0.2, -0.15) is 0 Å². The molecule has 2 aromatic rings. The van der Waals surface area contributed by atoms with Crippen LogP contribution in [0.2, 0.25) is 0 Å². The van der Waals surface area contributed by atoms with E-state index >= 15 is 0 Å². The highest BCUT2D eigenvalue weighted by Gasteiger charge is 2.15. The van der Waals surface area contributed by atoms with Gasteiger partial charge < -0.3 is 15.1 Å². The molecular formula is C17H22N2O3. The van der Waals surface area contributed by atoms with Crippen LogP contribution in [0.3, 0.4) is 0 Å². The van der Waals surface area contributed by atoms with Gasteiger partial charge in [0.25, 0.3) is 5.91 Å². The van der Waals surface area contributed by atoms with E-state index in [-0.39, 0.29) is 17.2 Å². The van der Waals surface area contributed by atoms with Gasteiger partial charge in [-0.25, -0.2) is 0 Å². The number of hydrogen-bond acceptors (Lipinski definition) is 3. The standard InChI is InChI=1S/C17H22N2O3/c1-17(2,3)11-15(20)18-8-9-19-16(21)13-5-4-6-14-12(13)7-10-22-14/h4-7,10H,8-9,11H2,1-3H3,(H,18,20)(H,19,21). The summed E-state index contributed by atoms with van der Waals surface area (Å²) in [6.45, 7) is 6.85. The van der Waals surface area contributed by atoms with Gasteiger partial charge in [0.1, 0.15) is 5.58 Å². The molecule has 118 valence electrons. The molecule has 22 heavy (non-hydrogen) atoms. The van der Waals surface area contributed by atoms with Crippen molar-refractivity contribution in [3.05, 3.63) is 36.1 Å². The van der Waals surface area contributed by atoms with Gasteiger partial charge in [-0.05, 0) is 23.6 Å². The van der Waals surface area contributed by atoms with E-state index in [4.69, 9.17) is 4.42 Å². The van der Waals surface area contributed by atoms with E-state index in [9.17, 15) is 9.59 Å². The smallest absolute Gasteiger partial charge is 0.252 e. The first-order valence-electron chi connectivity index (χ1n) is 7.38. The van der Waals surface area contributed by atoms with Crippen LogP contribution in [-0.2, 0) is 4.79 Å². The van der Waals surface area contributed by atoms with E-state index in [0.29, 0.717) is 30.7 Å². The molecule has 0 saturated heterocycles. The number of furan rings is 1. The highest BCUT2D eigenvalue weighted by atomic mass is 16.3. The molecule has 0 aliphatic heterocycles. The molecule has 0 fully saturated rings. The normalized spacial score (nSPS) is 11.4. The third-order valence-corrected chi connectivity index (χ3v) is 3.16. The number of rotatable bonds is 5. The largest absolute Gasteiger partial charge is 0.464 e. The van der Waals surface area contributed by atoms with Crippen LogP contribution >= 0.6 is 0 Å². The average molecular weight is 302 g/mol. The predicted octanol–water partition coefficient (Wildman–Crippen LogP) is 2.72. The third kappa shape index (κ3) is 4.35. The average Bonchev–Trinajstić information content (AvgIpc) is 2.89. The second-order valence-electron chi connectivity index (χ2n) is 6.48. The fraction of sp³-hybridized carbons (Fsp3) is 0.412. The highest BCUT2D eigenvalue weighted by molar-refractivity contribution is 6.05. The third-order valence-electron chi connectivity index (χ3n) is 3.16. The lowest BCUT2D eigenvalue weighted by atomic mass is 9.92. The summed E-state index contributed by atoms with van der Waals surface area (Å²) in [5.41, 5.74) is 1.22. The first kappa shape index (κ1) is 16.1. The number of carbonyl (C=O) groups excluding carboxylic acids is 2. The quantitative estimate of drug-likeness (QED) is 0.834. The van der Waals surface area contributed by atoms with Crippen LogP contribution in [0.25, 0.3) is 11.0 Å². The van der Waals surface area contributed by atoms with Crippen LogP contribution in [-0.4, -0.2) is 24.9 Å². The molecule has 5 nitrogen and oxygen atoms in total. The fourth-order valence-electron chi connectivity index (χ4n) is 2.21. The summed E-state index contributed by atoms with van der Waals surface area (Å²) in [7, 11) is 0. The van der Waals surface area contributed by atoms with Crippen molar-refractivity contribution < 1.29 is 14.0 Å². The molecule has 1 aromatic carbocycles. The minimum atomic E-state index is -0.169. The predicted molar refractivity (Wildman–Crippen MR) is 85.6 cm³/mol. The summed E-state index contributed by atoms with van der Waals surface area (Å²) in [6.07, 6.45) is 2.03. The Bertz CT molecular complexity index is 668. The van der Waals surface area contributed by atoms with Gasteiger partial charge in [0.05, 0.1) is 11.8 Å². The Morgan fingerprint density at radius 2 is 1.82 bits per heavy atom. The first-order chi connectivity index (χ1) is 10.4. The monoisotopic (exact) mass is 302 g/mol. The van der Waals surface area contributed by atoms with Crippen molar-refractivity contribution in [3.8, 4) is 0 Å². The van der Waals surface area contributed by atoms with Gasteiger partial charge in [-0.15, -0.1) is 0 Å². The van der Waals surface area contributed by atoms with Crippen LogP contribution in [0.4, 0.5) is 0 Å². The number of fused-ring (bicyclic) bond motifs is 1. The number of benzene rings is 1. The van der Waals surface area contributed by atoms with Crippen LogP contribution < -0.4 is 10.6 Å². The Labute approximate surface area is 130 Å². The van der Waals surface area contributed by atoms with Crippen molar-refractivity contribution in [2.75, 3.05) is 13.1 Å². The molecule has 1 heterocycles. The van der Waals surface area contributed by atoms with Gasteiger partial charge in [0, 0.05) is 24.9 Å². The molecule has 0 spiro atoms. The maximum atomic E-state index is 12.2. The van der Waals surface area contributed by atoms with Crippen LogP contribution in [0.15, 0.2) is 34.9 Å². The second kappa shape index (κ2) is 6.64. The summed E-state index contributed by atoms with van der Waals surface area (Å²) in [5.74, 6) is -0.171. The Morgan fingerprint density at radius 1 is 1.09 bits per heavy atom. The maximum Gasteiger partial charge on any atom is 0.252 e. The summed E-state index contributed by atoms with van der Waals surface area (Å²) in [4.78, 5) is 23.8. The molecule has 0 saturated carbocycles. The lowest BCUT2D eigenvalue weighted by Crippen LogP contribution is -2.36. The Balaban J connectivity index is 1.81. The Hall–Kier alpha value is -2.30. The number of carbonyl (C=O) groups is 2. The van der Waals surface area contributed by atoms with Crippen molar-refractivity contribution >= 4 is 22.8 Å². The molecule has 0 aliphatic carbocycles. The number of nitrogens with one attached hydrogen (secondary N) is 2. The fourth-order valence-corrected chi connectivity index (χ4v) is 2.21. The molecule has 2 N–H and O–H groups in total. The van der Waals surface area contributed by atoms with Crippen molar-refractivity contribution in [3.63, 3.8) is 0 Å². The van der Waals surface area contributed by atoms with Gasteiger partial charge in [0.15, 0.2) is 0 Å². The van der Waals surface area contributed by atoms with Crippen LogP contribution in [0.1, 0.15) is 37.6 Å².